The van der Waals surface area contributed by atoms with Gasteiger partial charge in [0, 0.05) is 24.1 Å². The predicted molar refractivity (Wildman–Crippen MR) is 98.4 cm³/mol. The van der Waals surface area contributed by atoms with Gasteiger partial charge in [0.05, 0.1) is 6.04 Å². The lowest BCUT2D eigenvalue weighted by Crippen LogP contribution is -2.60. The Balaban J connectivity index is 1.55. The molecule has 4 aliphatic rings. The number of rotatable bonds is 2. The second-order valence-electron chi connectivity index (χ2n) is 8.07. The Morgan fingerprint density at radius 3 is 2.36 bits per heavy atom. The van der Waals surface area contributed by atoms with Gasteiger partial charge >= 0.3 is 0 Å². The van der Waals surface area contributed by atoms with Crippen LogP contribution in [0.15, 0.2) is 42.5 Å². The van der Waals surface area contributed by atoms with Crippen molar-refractivity contribution in [3.8, 4) is 0 Å². The molecule has 3 atom stereocenters. The van der Waals surface area contributed by atoms with E-state index in [2.05, 4.69) is 4.90 Å². The number of hydrogen-bond donors (Lipinski definition) is 0. The molecule has 0 aliphatic carbocycles. The monoisotopic (exact) mass is 386 g/mol. The van der Waals surface area contributed by atoms with Crippen molar-refractivity contribution in [2.45, 2.75) is 30.8 Å². The molecular formula is C22H21F3N2O. The van der Waals surface area contributed by atoms with Crippen LogP contribution in [-0.2, 0) is 0 Å². The third kappa shape index (κ3) is 2.65. The zero-order valence-electron chi connectivity index (χ0n) is 15.3. The van der Waals surface area contributed by atoms with E-state index in [0.717, 1.165) is 32.0 Å². The van der Waals surface area contributed by atoms with Gasteiger partial charge in [0.25, 0.3) is 5.91 Å². The molecule has 4 saturated heterocycles. The summed E-state index contributed by atoms with van der Waals surface area (Å²) in [6, 6.07) is 9.80. The number of benzene rings is 2. The van der Waals surface area contributed by atoms with Gasteiger partial charge in [0.1, 0.15) is 5.82 Å². The molecule has 0 aromatic heterocycles. The molecule has 4 heterocycles. The van der Waals surface area contributed by atoms with E-state index >= 15 is 0 Å². The van der Waals surface area contributed by atoms with Crippen molar-refractivity contribution >= 4 is 5.91 Å². The summed E-state index contributed by atoms with van der Waals surface area (Å²) < 4.78 is 41.8. The van der Waals surface area contributed by atoms with Crippen LogP contribution in [0.2, 0.25) is 0 Å². The van der Waals surface area contributed by atoms with Gasteiger partial charge in [-0.15, -0.1) is 0 Å². The van der Waals surface area contributed by atoms with E-state index in [1.807, 2.05) is 4.90 Å². The highest BCUT2D eigenvalue weighted by Gasteiger charge is 2.55. The van der Waals surface area contributed by atoms with E-state index < -0.39 is 17.5 Å². The summed E-state index contributed by atoms with van der Waals surface area (Å²) in [6.07, 6.45) is 2.01. The predicted octanol–water partition coefficient (Wildman–Crippen LogP) is 3.81. The second kappa shape index (κ2) is 6.62. The van der Waals surface area contributed by atoms with Crippen LogP contribution in [0.25, 0.3) is 0 Å². The highest BCUT2D eigenvalue weighted by atomic mass is 19.2. The normalized spacial score (nSPS) is 31.1. The summed E-state index contributed by atoms with van der Waals surface area (Å²) >= 11 is 0. The van der Waals surface area contributed by atoms with Crippen LogP contribution >= 0.6 is 0 Å². The van der Waals surface area contributed by atoms with E-state index in [1.54, 1.807) is 6.07 Å². The molecule has 1 amide bonds. The first kappa shape index (κ1) is 17.7. The van der Waals surface area contributed by atoms with Gasteiger partial charge < -0.3 is 4.90 Å². The number of carbonyl (C=O) groups is 1. The van der Waals surface area contributed by atoms with Crippen molar-refractivity contribution in [1.29, 1.82) is 0 Å². The minimum absolute atomic E-state index is 0.00630. The fraction of sp³-hybridized carbons (Fsp3) is 0.409. The van der Waals surface area contributed by atoms with Gasteiger partial charge in [-0.2, -0.15) is 0 Å². The molecule has 4 fully saturated rings. The highest BCUT2D eigenvalue weighted by molar-refractivity contribution is 5.94. The SMILES string of the molecule is O=C(c1ccc(F)cc1)N1C[C@H](c2cccc(F)c2F)[C@H]2[C@@H]1C1CCN2CC1. The highest BCUT2D eigenvalue weighted by Crippen LogP contribution is 2.47. The maximum Gasteiger partial charge on any atom is 0.254 e. The van der Waals surface area contributed by atoms with Crippen LogP contribution in [0.1, 0.15) is 34.7 Å². The Morgan fingerprint density at radius 2 is 1.64 bits per heavy atom. The smallest absolute Gasteiger partial charge is 0.254 e. The van der Waals surface area contributed by atoms with Gasteiger partial charge in [0.15, 0.2) is 11.6 Å². The van der Waals surface area contributed by atoms with Crippen LogP contribution in [0.3, 0.4) is 0 Å². The number of nitrogens with zero attached hydrogens (tertiary/aromatic N) is 2. The quantitative estimate of drug-likeness (QED) is 0.784. The van der Waals surface area contributed by atoms with Crippen LogP contribution in [0.4, 0.5) is 13.2 Å². The molecule has 28 heavy (non-hydrogen) atoms. The number of fused-ring (bicyclic) bond motifs is 2. The first-order valence-corrected chi connectivity index (χ1v) is 9.79. The third-order valence-electron chi connectivity index (χ3n) is 6.73. The van der Waals surface area contributed by atoms with E-state index in [1.165, 1.54) is 30.3 Å². The van der Waals surface area contributed by atoms with Crippen molar-refractivity contribution < 1.29 is 18.0 Å². The van der Waals surface area contributed by atoms with Gasteiger partial charge in [-0.25, -0.2) is 13.2 Å². The molecule has 0 N–H and O–H groups in total. The average molecular weight is 386 g/mol. The van der Waals surface area contributed by atoms with Crippen LogP contribution in [0, 0.1) is 23.4 Å². The fourth-order valence-electron chi connectivity index (χ4n) is 5.49. The Kier molecular flexibility index (Phi) is 4.19. The molecule has 3 nitrogen and oxygen atoms in total. The molecule has 0 saturated carbocycles. The van der Waals surface area contributed by atoms with E-state index in [9.17, 15) is 18.0 Å². The summed E-state index contributed by atoms with van der Waals surface area (Å²) in [5.41, 5.74) is 0.772. The van der Waals surface area contributed by atoms with Gasteiger partial charge in [0.2, 0.25) is 0 Å². The van der Waals surface area contributed by atoms with Crippen molar-refractivity contribution in [2.75, 3.05) is 19.6 Å². The number of carbonyl (C=O) groups excluding carboxylic acids is 1. The number of likely N-dealkylation sites (tertiary alicyclic amines) is 1. The summed E-state index contributed by atoms with van der Waals surface area (Å²) in [5, 5.41) is 0. The van der Waals surface area contributed by atoms with Crippen molar-refractivity contribution in [3.05, 3.63) is 71.0 Å². The fourth-order valence-corrected chi connectivity index (χ4v) is 5.49. The Hall–Kier alpha value is -2.34. The number of piperidine rings is 3. The first-order valence-electron chi connectivity index (χ1n) is 9.79. The third-order valence-corrected chi connectivity index (χ3v) is 6.73. The summed E-state index contributed by atoms with van der Waals surface area (Å²) in [4.78, 5) is 17.4. The molecule has 2 bridgehead atoms. The summed E-state index contributed by atoms with van der Waals surface area (Å²) in [6.45, 7) is 2.20. The first-order chi connectivity index (χ1) is 13.5. The standard InChI is InChI=1S/C22H21F3N2O/c23-15-6-4-14(5-7-15)22(28)27-12-17(16-2-1-3-18(24)19(16)25)21-20(27)13-8-10-26(21)11-9-13/h1-7,13,17,20-21H,8-12H2/t17-,20+,21+/m1/s1. The van der Waals surface area contributed by atoms with Gasteiger partial charge in [-0.3, -0.25) is 9.69 Å². The molecule has 0 spiro atoms. The molecular weight excluding hydrogens is 365 g/mol. The molecule has 6 heteroatoms. The Labute approximate surface area is 161 Å². The molecule has 0 unspecified atom stereocenters. The number of amides is 1. The topological polar surface area (TPSA) is 23.6 Å². The summed E-state index contributed by atoms with van der Waals surface area (Å²) in [5.74, 6) is -2.13. The van der Waals surface area contributed by atoms with Crippen LogP contribution < -0.4 is 0 Å². The second-order valence-corrected chi connectivity index (χ2v) is 8.07. The molecule has 2 aromatic rings. The molecule has 6 rings (SSSR count). The minimum Gasteiger partial charge on any atom is -0.333 e. The van der Waals surface area contributed by atoms with E-state index in [0.29, 0.717) is 23.6 Å². The van der Waals surface area contributed by atoms with E-state index in [4.69, 9.17) is 0 Å². The lowest BCUT2D eigenvalue weighted by molar-refractivity contribution is -0.00359. The number of hydrogen-bond acceptors (Lipinski definition) is 2. The Bertz CT molecular complexity index is 908. The molecule has 4 aliphatic heterocycles. The van der Waals surface area contributed by atoms with Gasteiger partial charge in [-0.05, 0) is 67.7 Å². The van der Waals surface area contributed by atoms with Gasteiger partial charge in [-0.1, -0.05) is 12.1 Å². The Morgan fingerprint density at radius 1 is 0.929 bits per heavy atom. The van der Waals surface area contributed by atoms with Crippen molar-refractivity contribution in [2.24, 2.45) is 5.92 Å². The van der Waals surface area contributed by atoms with E-state index in [-0.39, 0.29) is 23.9 Å². The van der Waals surface area contributed by atoms with Crippen molar-refractivity contribution in [3.63, 3.8) is 0 Å². The summed E-state index contributed by atoms with van der Waals surface area (Å²) in [7, 11) is 0. The number of halogens is 3. The molecule has 146 valence electrons. The lowest BCUT2D eigenvalue weighted by Gasteiger charge is -2.51. The zero-order valence-corrected chi connectivity index (χ0v) is 15.3. The maximum absolute atomic E-state index is 14.6. The van der Waals surface area contributed by atoms with Crippen molar-refractivity contribution in [1.82, 2.24) is 9.80 Å². The van der Waals surface area contributed by atoms with Crippen LogP contribution in [-0.4, -0.2) is 47.4 Å². The zero-order chi connectivity index (χ0) is 19.4. The lowest BCUT2D eigenvalue weighted by atomic mass is 9.75. The minimum atomic E-state index is -0.853. The largest absolute Gasteiger partial charge is 0.333 e. The maximum atomic E-state index is 14.6. The molecule has 2 aromatic carbocycles. The van der Waals surface area contributed by atoms with Crippen LogP contribution in [0.5, 0.6) is 0 Å². The average Bonchev–Trinajstić information content (AvgIpc) is 3.14. The molecule has 0 radical (unpaired) electrons.